The van der Waals surface area contributed by atoms with Crippen LogP contribution in [0, 0.1) is 0 Å². The summed E-state index contributed by atoms with van der Waals surface area (Å²) in [5.74, 6) is 0. The normalized spacial score (nSPS) is 9.43. The number of para-hydroxylation sites is 1. The van der Waals surface area contributed by atoms with Crippen LogP contribution in [0.25, 0.3) is 10.9 Å². The number of fused-ring (bicyclic) bond motifs is 1. The average molecular weight is 187 g/mol. The summed E-state index contributed by atoms with van der Waals surface area (Å²) >= 11 is 0. The standard InChI is InChI=1S/C7H6N2.C2H3N3/c1-2-4-7-6(3-1)5-8-9-7;1-3-2-5-4-1/h1-5H,(H,8,9);1-2H,(H,3,4,5). The van der Waals surface area contributed by atoms with Crippen molar-refractivity contribution >= 4 is 10.9 Å². The van der Waals surface area contributed by atoms with Crippen LogP contribution in [-0.2, 0) is 0 Å². The van der Waals surface area contributed by atoms with E-state index in [1.165, 1.54) is 12.7 Å². The van der Waals surface area contributed by atoms with Crippen LogP contribution in [-0.4, -0.2) is 25.4 Å². The zero-order chi connectivity index (χ0) is 9.64. The second-order valence-electron chi connectivity index (χ2n) is 2.61. The molecule has 14 heavy (non-hydrogen) atoms. The highest BCUT2D eigenvalue weighted by Gasteiger charge is 1.88. The molecule has 0 radical (unpaired) electrons. The molecule has 2 N–H and O–H groups in total. The first-order chi connectivity index (χ1) is 6.97. The van der Waals surface area contributed by atoms with E-state index < -0.39 is 0 Å². The maximum absolute atomic E-state index is 3.88. The van der Waals surface area contributed by atoms with E-state index in [1.807, 2.05) is 30.5 Å². The predicted molar refractivity (Wildman–Crippen MR) is 52.5 cm³/mol. The molecule has 0 aliphatic rings. The first-order valence-corrected chi connectivity index (χ1v) is 4.13. The molecule has 2 heterocycles. The van der Waals surface area contributed by atoms with Crippen molar-refractivity contribution in [3.63, 3.8) is 0 Å². The summed E-state index contributed by atoms with van der Waals surface area (Å²) in [4.78, 5) is 3.56. The van der Waals surface area contributed by atoms with Crippen LogP contribution in [0.2, 0.25) is 0 Å². The molecule has 3 rings (SSSR count). The van der Waals surface area contributed by atoms with Gasteiger partial charge < -0.3 is 0 Å². The Morgan fingerprint density at radius 1 is 1.07 bits per heavy atom. The topological polar surface area (TPSA) is 70.2 Å². The highest BCUT2D eigenvalue weighted by molar-refractivity contribution is 5.77. The molecule has 0 aliphatic carbocycles. The summed E-state index contributed by atoms with van der Waals surface area (Å²) in [6.45, 7) is 0. The van der Waals surface area contributed by atoms with E-state index in [0.717, 1.165) is 10.9 Å². The lowest BCUT2D eigenvalue weighted by Gasteiger charge is -1.81. The second kappa shape index (κ2) is 4.18. The molecular weight excluding hydrogens is 178 g/mol. The minimum absolute atomic E-state index is 1.09. The largest absolute Gasteiger partial charge is 0.278 e. The number of rotatable bonds is 0. The molecular formula is C9H9N5. The van der Waals surface area contributed by atoms with Gasteiger partial charge in [0, 0.05) is 5.39 Å². The Morgan fingerprint density at radius 3 is 2.64 bits per heavy atom. The fraction of sp³-hybridized carbons (Fsp3) is 0. The van der Waals surface area contributed by atoms with Gasteiger partial charge in [0.2, 0.25) is 0 Å². The number of benzene rings is 1. The van der Waals surface area contributed by atoms with Gasteiger partial charge in [-0.15, -0.1) is 0 Å². The van der Waals surface area contributed by atoms with E-state index in [9.17, 15) is 0 Å². The number of H-pyrrole nitrogens is 2. The smallest absolute Gasteiger partial charge is 0.137 e. The summed E-state index contributed by atoms with van der Waals surface area (Å²) in [6.07, 6.45) is 4.77. The van der Waals surface area contributed by atoms with Crippen LogP contribution in [0.1, 0.15) is 0 Å². The lowest BCUT2D eigenvalue weighted by atomic mass is 10.3. The second-order valence-corrected chi connectivity index (χ2v) is 2.61. The Bertz CT molecular complexity index is 423. The molecule has 0 aliphatic heterocycles. The average Bonchev–Trinajstić information content (AvgIpc) is 2.92. The first kappa shape index (κ1) is 8.43. The van der Waals surface area contributed by atoms with Crippen molar-refractivity contribution in [2.45, 2.75) is 0 Å². The maximum Gasteiger partial charge on any atom is 0.137 e. The van der Waals surface area contributed by atoms with Crippen LogP contribution in [0.15, 0.2) is 43.1 Å². The SMILES string of the molecule is c1ccc2[nH]ncc2c1.c1nc[nH]n1. The van der Waals surface area contributed by atoms with Gasteiger partial charge in [0.25, 0.3) is 0 Å². The van der Waals surface area contributed by atoms with Crippen molar-refractivity contribution in [2.24, 2.45) is 0 Å². The molecule has 0 unspecified atom stereocenters. The first-order valence-electron chi connectivity index (χ1n) is 4.13. The van der Waals surface area contributed by atoms with Crippen molar-refractivity contribution in [3.8, 4) is 0 Å². The molecule has 1 aromatic carbocycles. The summed E-state index contributed by atoms with van der Waals surface area (Å²) in [7, 11) is 0. The Morgan fingerprint density at radius 2 is 2.00 bits per heavy atom. The molecule has 0 bridgehead atoms. The Balaban J connectivity index is 0.000000128. The quantitative estimate of drug-likeness (QED) is 0.558. The zero-order valence-electron chi connectivity index (χ0n) is 7.38. The van der Waals surface area contributed by atoms with Crippen LogP contribution < -0.4 is 0 Å². The minimum atomic E-state index is 1.09. The Labute approximate surface area is 80.2 Å². The van der Waals surface area contributed by atoms with Gasteiger partial charge in [-0.3, -0.25) is 10.2 Å². The number of hydrogen-bond donors (Lipinski definition) is 2. The van der Waals surface area contributed by atoms with Gasteiger partial charge in [-0.25, -0.2) is 4.98 Å². The summed E-state index contributed by atoms with van der Waals surface area (Å²) < 4.78 is 0. The van der Waals surface area contributed by atoms with E-state index in [1.54, 1.807) is 0 Å². The number of aromatic amines is 2. The number of hydrogen-bond acceptors (Lipinski definition) is 3. The fourth-order valence-electron chi connectivity index (χ4n) is 1.05. The molecule has 0 saturated heterocycles. The van der Waals surface area contributed by atoms with Gasteiger partial charge in [0.05, 0.1) is 11.7 Å². The molecule has 0 atom stereocenters. The molecule has 3 aromatic rings. The summed E-state index contributed by atoms with van der Waals surface area (Å²) in [6, 6.07) is 8.01. The minimum Gasteiger partial charge on any atom is -0.278 e. The van der Waals surface area contributed by atoms with Gasteiger partial charge in [-0.2, -0.15) is 10.2 Å². The number of aromatic nitrogens is 5. The molecule has 0 amide bonds. The fourth-order valence-corrected chi connectivity index (χ4v) is 1.05. The third-order valence-electron chi connectivity index (χ3n) is 1.68. The van der Waals surface area contributed by atoms with Gasteiger partial charge in [-0.05, 0) is 6.07 Å². The third kappa shape index (κ3) is 1.95. The van der Waals surface area contributed by atoms with Gasteiger partial charge >= 0.3 is 0 Å². The van der Waals surface area contributed by atoms with Crippen LogP contribution in [0.4, 0.5) is 0 Å². The van der Waals surface area contributed by atoms with Crippen molar-refractivity contribution in [2.75, 3.05) is 0 Å². The molecule has 0 spiro atoms. The van der Waals surface area contributed by atoms with Crippen LogP contribution >= 0.6 is 0 Å². The zero-order valence-corrected chi connectivity index (χ0v) is 7.38. The lowest BCUT2D eigenvalue weighted by molar-refractivity contribution is 1.09. The summed E-state index contributed by atoms with van der Waals surface area (Å²) in [5, 5.41) is 13.9. The van der Waals surface area contributed by atoms with E-state index in [0.29, 0.717) is 0 Å². The molecule has 0 fully saturated rings. The maximum atomic E-state index is 3.88. The monoisotopic (exact) mass is 187 g/mol. The Kier molecular flexibility index (Phi) is 2.51. The van der Waals surface area contributed by atoms with Gasteiger partial charge in [0.1, 0.15) is 12.7 Å². The third-order valence-corrected chi connectivity index (χ3v) is 1.68. The summed E-state index contributed by atoms with van der Waals surface area (Å²) in [5.41, 5.74) is 1.09. The molecule has 70 valence electrons. The van der Waals surface area contributed by atoms with Crippen molar-refractivity contribution in [1.29, 1.82) is 0 Å². The van der Waals surface area contributed by atoms with E-state index in [-0.39, 0.29) is 0 Å². The number of nitrogens with one attached hydrogen (secondary N) is 2. The molecule has 5 heteroatoms. The van der Waals surface area contributed by atoms with Crippen LogP contribution in [0.3, 0.4) is 0 Å². The highest BCUT2D eigenvalue weighted by Crippen LogP contribution is 2.06. The molecule has 2 aromatic heterocycles. The van der Waals surface area contributed by atoms with Crippen LogP contribution in [0.5, 0.6) is 0 Å². The van der Waals surface area contributed by atoms with Gasteiger partial charge in [-0.1, -0.05) is 18.2 Å². The Hall–Kier alpha value is -2.17. The van der Waals surface area contributed by atoms with E-state index in [4.69, 9.17) is 0 Å². The highest BCUT2D eigenvalue weighted by atomic mass is 15.2. The lowest BCUT2D eigenvalue weighted by Crippen LogP contribution is -1.63. The predicted octanol–water partition coefficient (Wildman–Crippen LogP) is 1.37. The number of nitrogens with zero attached hydrogens (tertiary/aromatic N) is 3. The van der Waals surface area contributed by atoms with Crippen molar-refractivity contribution in [1.82, 2.24) is 25.4 Å². The molecule has 5 nitrogen and oxygen atoms in total. The van der Waals surface area contributed by atoms with Crippen molar-refractivity contribution < 1.29 is 0 Å². The van der Waals surface area contributed by atoms with E-state index in [2.05, 4.69) is 25.4 Å². The van der Waals surface area contributed by atoms with Crippen molar-refractivity contribution in [3.05, 3.63) is 43.1 Å². The van der Waals surface area contributed by atoms with Gasteiger partial charge in [0.15, 0.2) is 0 Å². The molecule has 0 saturated carbocycles. The van der Waals surface area contributed by atoms with E-state index >= 15 is 0 Å².